The van der Waals surface area contributed by atoms with E-state index in [4.69, 9.17) is 0 Å². The maximum Gasteiger partial charge on any atom is 0.638 e. The minimum absolute atomic E-state index is 0. The third kappa shape index (κ3) is 10.8. The molecule has 2 N–H and O–H groups in total. The second-order valence-electron chi connectivity index (χ2n) is 14.2. The van der Waals surface area contributed by atoms with Crippen LogP contribution < -0.4 is 47.0 Å². The molecule has 0 spiro atoms. The van der Waals surface area contributed by atoms with E-state index in [9.17, 15) is 10.0 Å². The topological polar surface area (TPSA) is 68.2 Å². The molecule has 0 amide bonds. The van der Waals surface area contributed by atoms with Crippen molar-refractivity contribution >= 4 is 93.5 Å². The summed E-state index contributed by atoms with van der Waals surface area (Å²) in [4.78, 5) is 0. The van der Waals surface area contributed by atoms with Crippen LogP contribution in [0.2, 0.25) is 0 Å². The Morgan fingerprint density at radius 1 is 0.339 bits per heavy atom. The van der Waals surface area contributed by atoms with E-state index in [0.29, 0.717) is 5.46 Å². The highest BCUT2D eigenvalue weighted by Gasteiger charge is 2.42. The zero-order chi connectivity index (χ0) is 42.9. The van der Waals surface area contributed by atoms with Crippen LogP contribution in [0.3, 0.4) is 0 Å². The largest absolute Gasteiger partial charge is 0.638 e. The molecule has 0 aliphatic rings. The van der Waals surface area contributed by atoms with Crippen molar-refractivity contribution in [3.05, 3.63) is 235 Å². The third-order valence-corrected chi connectivity index (χ3v) is 20.9. The highest BCUT2D eigenvalue weighted by molar-refractivity contribution is 9.10. The summed E-state index contributed by atoms with van der Waals surface area (Å²) in [5.74, 6) is 0. The van der Waals surface area contributed by atoms with E-state index in [1.807, 2.05) is 42.5 Å². The van der Waals surface area contributed by atoms with Crippen molar-refractivity contribution in [3.63, 3.8) is 0 Å². The number of hydrogen-bond acceptors (Lipinski definition) is 5. The van der Waals surface area contributed by atoms with Crippen LogP contribution in [0.25, 0.3) is 0 Å². The maximum atomic E-state index is 9.54. The minimum Gasteiger partial charge on any atom is -0.423 e. The van der Waals surface area contributed by atoms with Gasteiger partial charge in [-0.15, -0.1) is 0 Å². The van der Waals surface area contributed by atoms with Gasteiger partial charge in [0.2, 0.25) is 0 Å². The summed E-state index contributed by atoms with van der Waals surface area (Å²) in [6.07, 6.45) is 0. The number of hydrogen-bond donors (Lipinski definition) is 2. The summed E-state index contributed by atoms with van der Waals surface area (Å²) in [5, 5.41) is 29.8. The number of benzene rings is 8. The molecule has 5 nitrogen and oxygen atoms in total. The molecule has 0 unspecified atom stereocenters. The van der Waals surface area contributed by atoms with Crippen molar-refractivity contribution in [1.82, 2.24) is 0 Å². The summed E-state index contributed by atoms with van der Waals surface area (Å²) in [7, 11) is -2.31. The summed E-state index contributed by atoms with van der Waals surface area (Å²) >= 11 is 3.60. The van der Waals surface area contributed by atoms with Gasteiger partial charge in [0.25, 0.3) is 0 Å². The van der Waals surface area contributed by atoms with E-state index < -0.39 is 30.6 Å². The minimum atomic E-state index is -2.52. The van der Waals surface area contributed by atoms with Crippen molar-refractivity contribution in [2.24, 2.45) is 0 Å². The normalized spacial score (nSPS) is 10.8. The van der Waals surface area contributed by atoms with E-state index in [2.05, 4.69) is 218 Å². The Labute approximate surface area is 379 Å². The molecule has 0 saturated carbocycles. The highest BCUT2D eigenvalue weighted by Crippen LogP contribution is 2.13. The molecule has 8 aromatic rings. The Morgan fingerprint density at radius 2 is 0.548 bits per heavy atom. The number of halogens is 1. The van der Waals surface area contributed by atoms with Crippen molar-refractivity contribution in [2.75, 3.05) is 21.3 Å². The Hall–Kier alpha value is -5.40. The van der Waals surface area contributed by atoms with Crippen molar-refractivity contribution < 1.29 is 24.0 Å². The molecule has 0 fully saturated rings. The first-order valence-electron chi connectivity index (χ1n) is 20.0. The van der Waals surface area contributed by atoms with Crippen LogP contribution in [-0.4, -0.2) is 62.0 Å². The summed E-state index contributed by atoms with van der Waals surface area (Å²) in [6.45, 7) is 0. The molecule has 0 bridgehead atoms. The molecule has 0 aliphatic heterocycles. The Balaban J connectivity index is 0.000000201. The first-order chi connectivity index (χ1) is 29.9. The fourth-order valence-corrected chi connectivity index (χ4v) is 17.8. The highest BCUT2D eigenvalue weighted by atomic mass is 79.9. The molecule has 8 aromatic carbocycles. The van der Waals surface area contributed by atoms with Crippen LogP contribution >= 0.6 is 15.9 Å². The molecular weight excluding hydrogens is 862 g/mol. The van der Waals surface area contributed by atoms with Gasteiger partial charge in [0.15, 0.2) is 16.1 Å². The first kappa shape index (κ1) is 47.6. The average Bonchev–Trinajstić information content (AvgIpc) is 3.33. The number of rotatable bonds is 12. The van der Waals surface area contributed by atoms with Crippen LogP contribution in [0, 0.1) is 0 Å². The van der Waals surface area contributed by atoms with Crippen LogP contribution in [0.5, 0.6) is 0 Å². The molecule has 0 radical (unpaired) electrons. The van der Waals surface area contributed by atoms with Crippen LogP contribution in [0.15, 0.2) is 235 Å². The molecular formula is C52H53B2BrO5Si2. The fourth-order valence-electron chi connectivity index (χ4n) is 8.02. The van der Waals surface area contributed by atoms with E-state index >= 15 is 0 Å². The predicted octanol–water partition coefficient (Wildman–Crippen LogP) is 5.12. The van der Waals surface area contributed by atoms with Crippen molar-refractivity contribution in [3.8, 4) is 0 Å². The second kappa shape index (κ2) is 23.7. The molecule has 312 valence electrons. The van der Waals surface area contributed by atoms with Gasteiger partial charge in [-0.05, 0) is 59.1 Å². The van der Waals surface area contributed by atoms with Crippen LogP contribution in [0.4, 0.5) is 0 Å². The maximum absolute atomic E-state index is 9.54. The molecule has 10 heteroatoms. The average molecular weight is 916 g/mol. The van der Waals surface area contributed by atoms with Crippen molar-refractivity contribution in [1.29, 1.82) is 0 Å². The lowest BCUT2D eigenvalue weighted by Crippen LogP contribution is -2.74. The standard InChI is InChI=1S/C24H21BO2Si.C24H19BrSi.C3H9BO3.CH4/c26-25(27)20-16-18-24(19-17-20)28(21-10-4-1-5-11-21,22-12-6-2-7-13-22)23-14-8-3-9-15-23;25-20-16-18-24(19-17-20)26(21-10-4-1-5-11-21,22-12-6-2-7-13-22)23-14-8-3-9-15-23;1-5-4(6-2)7-3;/h1-19,26-27H;1-19H;1-3H3;1H4. The first-order valence-corrected chi connectivity index (χ1v) is 24.8. The zero-order valence-corrected chi connectivity index (χ0v) is 38.2. The van der Waals surface area contributed by atoms with Crippen LogP contribution in [-0.2, 0) is 14.0 Å². The third-order valence-electron chi connectivity index (χ3n) is 10.7. The van der Waals surface area contributed by atoms with Gasteiger partial charge in [-0.2, -0.15) is 0 Å². The summed E-state index contributed by atoms with van der Waals surface area (Å²) in [6, 6.07) is 81.5. The predicted molar refractivity (Wildman–Crippen MR) is 271 cm³/mol. The van der Waals surface area contributed by atoms with Gasteiger partial charge in [0.05, 0.1) is 0 Å². The van der Waals surface area contributed by atoms with Gasteiger partial charge in [-0.25, -0.2) is 0 Å². The van der Waals surface area contributed by atoms with Gasteiger partial charge >= 0.3 is 14.4 Å². The van der Waals surface area contributed by atoms with Gasteiger partial charge in [-0.3, -0.25) is 0 Å². The fraction of sp³-hybridized carbons (Fsp3) is 0.0769. The van der Waals surface area contributed by atoms with Gasteiger partial charge in [-0.1, -0.05) is 242 Å². The second-order valence-corrected chi connectivity index (χ2v) is 22.7. The quantitative estimate of drug-likeness (QED) is 0.132. The molecule has 0 atom stereocenters. The molecule has 0 aromatic heterocycles. The van der Waals surface area contributed by atoms with Gasteiger partial charge in [0.1, 0.15) is 0 Å². The van der Waals surface area contributed by atoms with E-state index in [1.165, 1.54) is 62.8 Å². The molecule has 0 aliphatic carbocycles. The van der Waals surface area contributed by atoms with E-state index in [1.54, 1.807) is 0 Å². The van der Waals surface area contributed by atoms with E-state index in [-0.39, 0.29) is 7.43 Å². The molecule has 62 heavy (non-hydrogen) atoms. The molecule has 0 saturated heterocycles. The SMILES string of the molecule is Brc1ccc([Si](c2ccccc2)(c2ccccc2)c2ccccc2)cc1.C.COB(OC)OC.OB(O)c1ccc([Si](c2ccccc2)(c2ccccc2)c2ccccc2)cc1. The smallest absolute Gasteiger partial charge is 0.423 e. The summed E-state index contributed by atoms with van der Waals surface area (Å²) < 4.78 is 14.9. The Kier molecular flexibility index (Phi) is 18.2. The lowest BCUT2D eigenvalue weighted by Gasteiger charge is -2.34. The molecule has 0 heterocycles. The van der Waals surface area contributed by atoms with Crippen LogP contribution in [0.1, 0.15) is 7.43 Å². The zero-order valence-electron chi connectivity index (χ0n) is 34.6. The summed E-state index contributed by atoms with van der Waals surface area (Å²) in [5.41, 5.74) is 0.501. The van der Waals surface area contributed by atoms with Crippen molar-refractivity contribution in [2.45, 2.75) is 7.43 Å². The Morgan fingerprint density at radius 3 is 0.742 bits per heavy atom. The lowest BCUT2D eigenvalue weighted by atomic mass is 9.81. The lowest BCUT2D eigenvalue weighted by molar-refractivity contribution is 0.163. The van der Waals surface area contributed by atoms with Gasteiger partial charge in [0, 0.05) is 25.8 Å². The van der Waals surface area contributed by atoms with E-state index in [0.717, 1.165) is 4.47 Å². The monoisotopic (exact) mass is 914 g/mol. The molecule has 8 rings (SSSR count). The van der Waals surface area contributed by atoms with Gasteiger partial charge < -0.3 is 24.0 Å². The Bertz CT molecular complexity index is 2250.